The van der Waals surface area contributed by atoms with Gasteiger partial charge in [0.1, 0.15) is 22.8 Å². The van der Waals surface area contributed by atoms with Crippen molar-refractivity contribution in [2.24, 2.45) is 0 Å². The molecule has 26 heavy (non-hydrogen) atoms. The number of aryl methyl sites for hydroxylation is 1. The van der Waals surface area contributed by atoms with E-state index in [-0.39, 0.29) is 24.5 Å². The predicted molar refractivity (Wildman–Crippen MR) is 97.3 cm³/mol. The van der Waals surface area contributed by atoms with Crippen molar-refractivity contribution < 1.29 is 23.5 Å². The molecule has 0 radical (unpaired) electrons. The third-order valence-corrected chi connectivity index (χ3v) is 3.89. The molecule has 0 unspecified atom stereocenters. The molecule has 2 rings (SSSR count). The van der Waals surface area contributed by atoms with Gasteiger partial charge in [-0.15, -0.1) is 0 Å². The monoisotopic (exact) mass is 359 g/mol. The number of carbonyl (C=O) groups is 2. The standard InChI is InChI=1S/C20H25NO5/c1-13-15(19(23)24-5)10-14(26-13)11-21-18(22)12-25-17-9-7-6-8-16(17)20(2,3)4/h6-10H,11-12H2,1-5H3,(H,21,22). The SMILES string of the molecule is COC(=O)c1cc(CNC(=O)COc2ccccc2C(C)(C)C)oc1C. The van der Waals surface area contributed by atoms with Crippen molar-refractivity contribution in [3.63, 3.8) is 0 Å². The van der Waals surface area contributed by atoms with E-state index in [1.54, 1.807) is 13.0 Å². The molecular formula is C20H25NO5. The molecule has 0 saturated heterocycles. The number of para-hydroxylation sites is 1. The molecule has 6 nitrogen and oxygen atoms in total. The second-order valence-corrected chi connectivity index (χ2v) is 6.99. The van der Waals surface area contributed by atoms with Gasteiger partial charge < -0.3 is 19.2 Å². The van der Waals surface area contributed by atoms with Crippen LogP contribution in [0.25, 0.3) is 0 Å². The largest absolute Gasteiger partial charge is 0.483 e. The van der Waals surface area contributed by atoms with Gasteiger partial charge in [-0.1, -0.05) is 39.0 Å². The Hall–Kier alpha value is -2.76. The van der Waals surface area contributed by atoms with Crippen molar-refractivity contribution in [2.45, 2.75) is 39.7 Å². The summed E-state index contributed by atoms with van der Waals surface area (Å²) in [7, 11) is 1.31. The lowest BCUT2D eigenvalue weighted by molar-refractivity contribution is -0.123. The zero-order valence-corrected chi connectivity index (χ0v) is 15.8. The molecule has 0 aliphatic rings. The van der Waals surface area contributed by atoms with E-state index in [0.29, 0.717) is 22.8 Å². The topological polar surface area (TPSA) is 77.8 Å². The van der Waals surface area contributed by atoms with Gasteiger partial charge in [-0.05, 0) is 30.0 Å². The van der Waals surface area contributed by atoms with Crippen molar-refractivity contribution in [1.82, 2.24) is 5.32 Å². The van der Waals surface area contributed by atoms with Gasteiger partial charge in [-0.2, -0.15) is 0 Å². The van der Waals surface area contributed by atoms with E-state index >= 15 is 0 Å². The molecule has 2 aromatic rings. The zero-order chi connectivity index (χ0) is 19.3. The van der Waals surface area contributed by atoms with Crippen molar-refractivity contribution in [3.05, 3.63) is 53.0 Å². The number of amides is 1. The minimum absolute atomic E-state index is 0.0803. The van der Waals surface area contributed by atoms with Crippen LogP contribution in [0.3, 0.4) is 0 Å². The molecular weight excluding hydrogens is 334 g/mol. The number of ether oxygens (including phenoxy) is 2. The summed E-state index contributed by atoms with van der Waals surface area (Å²) in [5.41, 5.74) is 1.31. The van der Waals surface area contributed by atoms with E-state index in [1.165, 1.54) is 7.11 Å². The molecule has 1 aromatic heterocycles. The number of carbonyl (C=O) groups excluding carboxylic acids is 2. The lowest BCUT2D eigenvalue weighted by atomic mass is 9.86. The lowest BCUT2D eigenvalue weighted by Crippen LogP contribution is -2.28. The number of furan rings is 1. The van der Waals surface area contributed by atoms with Gasteiger partial charge >= 0.3 is 5.97 Å². The van der Waals surface area contributed by atoms with Crippen molar-refractivity contribution in [1.29, 1.82) is 0 Å². The Morgan fingerprint density at radius 1 is 1.19 bits per heavy atom. The number of methoxy groups -OCH3 is 1. The molecule has 1 aromatic carbocycles. The third kappa shape index (κ3) is 4.88. The Morgan fingerprint density at radius 3 is 2.54 bits per heavy atom. The van der Waals surface area contributed by atoms with E-state index in [2.05, 4.69) is 30.8 Å². The van der Waals surface area contributed by atoms with Crippen LogP contribution < -0.4 is 10.1 Å². The Morgan fingerprint density at radius 2 is 1.88 bits per heavy atom. The summed E-state index contributed by atoms with van der Waals surface area (Å²) in [6, 6.07) is 9.24. The summed E-state index contributed by atoms with van der Waals surface area (Å²) in [6.07, 6.45) is 0. The fraction of sp³-hybridized carbons (Fsp3) is 0.400. The Labute approximate surface area is 153 Å². The molecule has 0 aliphatic heterocycles. The van der Waals surface area contributed by atoms with Gasteiger partial charge in [0, 0.05) is 0 Å². The van der Waals surface area contributed by atoms with E-state index < -0.39 is 5.97 Å². The van der Waals surface area contributed by atoms with Gasteiger partial charge in [0.25, 0.3) is 5.91 Å². The molecule has 0 fully saturated rings. The second-order valence-electron chi connectivity index (χ2n) is 6.99. The number of nitrogens with one attached hydrogen (secondary N) is 1. The Balaban J connectivity index is 1.92. The van der Waals surface area contributed by atoms with Gasteiger partial charge in [0.05, 0.1) is 13.7 Å². The molecule has 0 atom stereocenters. The number of rotatable bonds is 6. The molecule has 1 heterocycles. The first-order valence-corrected chi connectivity index (χ1v) is 8.39. The third-order valence-electron chi connectivity index (χ3n) is 3.89. The number of hydrogen-bond donors (Lipinski definition) is 1. The molecule has 1 N–H and O–H groups in total. The number of esters is 1. The van der Waals surface area contributed by atoms with Crippen LogP contribution in [0.4, 0.5) is 0 Å². The van der Waals surface area contributed by atoms with Crippen LogP contribution in [0.2, 0.25) is 0 Å². The highest BCUT2D eigenvalue weighted by Crippen LogP contribution is 2.30. The number of hydrogen-bond acceptors (Lipinski definition) is 5. The molecule has 6 heteroatoms. The van der Waals surface area contributed by atoms with Crippen LogP contribution in [0, 0.1) is 6.92 Å². The van der Waals surface area contributed by atoms with Gasteiger partial charge in [-0.3, -0.25) is 4.79 Å². The smallest absolute Gasteiger partial charge is 0.341 e. The van der Waals surface area contributed by atoms with Crippen molar-refractivity contribution >= 4 is 11.9 Å². The van der Waals surface area contributed by atoms with Gasteiger partial charge in [-0.25, -0.2) is 4.79 Å². The Kier molecular flexibility index (Phi) is 6.08. The maximum absolute atomic E-state index is 12.1. The highest BCUT2D eigenvalue weighted by molar-refractivity contribution is 5.90. The van der Waals surface area contributed by atoms with Crippen LogP contribution >= 0.6 is 0 Å². The van der Waals surface area contributed by atoms with E-state index in [4.69, 9.17) is 9.15 Å². The quantitative estimate of drug-likeness (QED) is 0.800. The highest BCUT2D eigenvalue weighted by Gasteiger charge is 2.19. The fourth-order valence-electron chi connectivity index (χ4n) is 2.54. The van der Waals surface area contributed by atoms with Crippen LogP contribution in [0.1, 0.15) is 48.2 Å². The predicted octanol–water partition coefficient (Wildman–Crippen LogP) is 3.37. The van der Waals surface area contributed by atoms with Gasteiger partial charge in [0.2, 0.25) is 0 Å². The van der Waals surface area contributed by atoms with Crippen LogP contribution in [0.15, 0.2) is 34.7 Å². The molecule has 1 amide bonds. The molecule has 0 bridgehead atoms. The van der Waals surface area contributed by atoms with E-state index in [1.807, 2.05) is 24.3 Å². The Bertz CT molecular complexity index is 786. The normalized spacial score (nSPS) is 11.1. The average molecular weight is 359 g/mol. The van der Waals surface area contributed by atoms with Crippen LogP contribution in [0.5, 0.6) is 5.75 Å². The fourth-order valence-corrected chi connectivity index (χ4v) is 2.54. The first-order chi connectivity index (χ1) is 12.2. The summed E-state index contributed by atoms with van der Waals surface area (Å²) >= 11 is 0. The highest BCUT2D eigenvalue weighted by atomic mass is 16.5. The first kappa shape index (κ1) is 19.6. The van der Waals surface area contributed by atoms with E-state index in [0.717, 1.165) is 5.56 Å². The summed E-state index contributed by atoms with van der Waals surface area (Å²) in [5.74, 6) is 0.882. The minimum Gasteiger partial charge on any atom is -0.483 e. The summed E-state index contributed by atoms with van der Waals surface area (Å²) in [6.45, 7) is 8.01. The molecule has 0 spiro atoms. The van der Waals surface area contributed by atoms with Crippen LogP contribution in [-0.4, -0.2) is 25.6 Å². The van der Waals surface area contributed by atoms with Crippen LogP contribution in [-0.2, 0) is 21.5 Å². The summed E-state index contributed by atoms with van der Waals surface area (Å²) in [5, 5.41) is 2.72. The molecule has 140 valence electrons. The lowest BCUT2D eigenvalue weighted by Gasteiger charge is -2.22. The first-order valence-electron chi connectivity index (χ1n) is 8.39. The second kappa shape index (κ2) is 8.08. The van der Waals surface area contributed by atoms with Gasteiger partial charge in [0.15, 0.2) is 6.61 Å². The maximum atomic E-state index is 12.1. The summed E-state index contributed by atoms with van der Waals surface area (Å²) in [4.78, 5) is 23.6. The van der Waals surface area contributed by atoms with E-state index in [9.17, 15) is 9.59 Å². The summed E-state index contributed by atoms with van der Waals surface area (Å²) < 4.78 is 15.8. The van der Waals surface area contributed by atoms with Crippen molar-refractivity contribution in [2.75, 3.05) is 13.7 Å². The molecule has 0 aliphatic carbocycles. The zero-order valence-electron chi connectivity index (χ0n) is 15.8. The van der Waals surface area contributed by atoms with Crippen molar-refractivity contribution in [3.8, 4) is 5.75 Å². The minimum atomic E-state index is -0.467. The molecule has 0 saturated carbocycles. The number of benzene rings is 1. The maximum Gasteiger partial charge on any atom is 0.341 e. The average Bonchev–Trinajstić information content (AvgIpc) is 2.97.